The van der Waals surface area contributed by atoms with Gasteiger partial charge in [-0.25, -0.2) is 17.2 Å². The van der Waals surface area contributed by atoms with Crippen LogP contribution in [-0.4, -0.2) is 14.4 Å². The molecule has 3 nitrogen and oxygen atoms in total. The Kier molecular flexibility index (Phi) is 2.82. The molecule has 0 heterocycles. The molecular formula is C7H7F2NO2S. The molecule has 0 saturated carbocycles. The molecule has 0 aromatic heterocycles. The first kappa shape index (κ1) is 9.91. The lowest BCUT2D eigenvalue weighted by Crippen LogP contribution is -2.13. The van der Waals surface area contributed by atoms with Gasteiger partial charge in [-0.15, -0.1) is 0 Å². The maximum absolute atomic E-state index is 12.4. The lowest BCUT2D eigenvalue weighted by molar-refractivity contribution is 0.538. The highest BCUT2D eigenvalue weighted by Crippen LogP contribution is 2.10. The van der Waals surface area contributed by atoms with E-state index in [1.54, 1.807) is 0 Å². The second kappa shape index (κ2) is 3.69. The van der Waals surface area contributed by atoms with Crippen molar-refractivity contribution in [3.05, 3.63) is 30.1 Å². The molecule has 1 aromatic rings. The van der Waals surface area contributed by atoms with E-state index in [0.717, 1.165) is 12.1 Å². The fourth-order valence-corrected chi connectivity index (χ4v) is 1.27. The van der Waals surface area contributed by atoms with Crippen LogP contribution in [0.4, 0.5) is 14.5 Å². The minimum absolute atomic E-state index is 0.138. The van der Waals surface area contributed by atoms with E-state index >= 15 is 0 Å². The van der Waals surface area contributed by atoms with Gasteiger partial charge in [-0.05, 0) is 24.3 Å². The zero-order valence-corrected chi connectivity index (χ0v) is 7.31. The summed E-state index contributed by atoms with van der Waals surface area (Å²) in [5.41, 5.74) is 0.138. The molecule has 0 bridgehead atoms. The van der Waals surface area contributed by atoms with Gasteiger partial charge in [0.05, 0.1) is 0 Å². The molecule has 6 heteroatoms. The van der Waals surface area contributed by atoms with Crippen molar-refractivity contribution in [3.8, 4) is 0 Å². The first-order valence-electron chi connectivity index (χ1n) is 3.35. The van der Waals surface area contributed by atoms with E-state index in [2.05, 4.69) is 0 Å². The van der Waals surface area contributed by atoms with Gasteiger partial charge < -0.3 is 0 Å². The predicted octanol–water partition coefficient (Wildman–Crippen LogP) is 1.49. The Morgan fingerprint density at radius 1 is 1.23 bits per heavy atom. The van der Waals surface area contributed by atoms with Crippen molar-refractivity contribution in [1.82, 2.24) is 0 Å². The number of sulfonamides is 1. The average molecular weight is 207 g/mol. The summed E-state index contributed by atoms with van der Waals surface area (Å²) in [5.74, 6) is -0.483. The zero-order valence-electron chi connectivity index (χ0n) is 6.50. The minimum atomic E-state index is -3.92. The largest absolute Gasteiger partial charge is 0.281 e. The van der Waals surface area contributed by atoms with Gasteiger partial charge >= 0.3 is 0 Å². The second-order valence-corrected chi connectivity index (χ2v) is 3.98. The van der Waals surface area contributed by atoms with Crippen LogP contribution in [0.25, 0.3) is 0 Å². The van der Waals surface area contributed by atoms with Gasteiger partial charge in [0.25, 0.3) is 10.0 Å². The highest BCUT2D eigenvalue weighted by molar-refractivity contribution is 7.92. The fraction of sp³-hybridized carbons (Fsp3) is 0.143. The predicted molar refractivity (Wildman–Crippen MR) is 44.9 cm³/mol. The van der Waals surface area contributed by atoms with Gasteiger partial charge in [0.15, 0.2) is 0 Å². The van der Waals surface area contributed by atoms with Crippen LogP contribution in [0, 0.1) is 5.82 Å². The number of halogens is 2. The minimum Gasteiger partial charge on any atom is -0.281 e. The van der Waals surface area contributed by atoms with Crippen LogP contribution in [0.1, 0.15) is 0 Å². The molecule has 72 valence electrons. The Morgan fingerprint density at radius 2 is 1.77 bits per heavy atom. The molecule has 0 saturated heterocycles. The maximum atomic E-state index is 12.4. The first-order chi connectivity index (χ1) is 6.03. The molecule has 0 atom stereocenters. The summed E-state index contributed by atoms with van der Waals surface area (Å²) in [6.45, 7) is 0. The Morgan fingerprint density at radius 3 is 2.23 bits per heavy atom. The van der Waals surface area contributed by atoms with Gasteiger partial charge in [-0.1, -0.05) is 0 Å². The molecule has 0 amide bonds. The number of benzene rings is 1. The number of anilines is 1. The van der Waals surface area contributed by atoms with Crippen LogP contribution >= 0.6 is 0 Å². The first-order valence-corrected chi connectivity index (χ1v) is 5.01. The number of rotatable bonds is 3. The van der Waals surface area contributed by atoms with E-state index in [1.165, 1.54) is 12.1 Å². The molecule has 0 aliphatic rings. The van der Waals surface area contributed by atoms with Crippen LogP contribution in [0.15, 0.2) is 24.3 Å². The third-order valence-corrected chi connectivity index (χ3v) is 2.10. The van der Waals surface area contributed by atoms with Crippen molar-refractivity contribution in [2.75, 3.05) is 10.7 Å². The van der Waals surface area contributed by atoms with Crippen molar-refractivity contribution < 1.29 is 17.2 Å². The van der Waals surface area contributed by atoms with Crippen molar-refractivity contribution >= 4 is 15.7 Å². The van der Waals surface area contributed by atoms with Crippen molar-refractivity contribution in [2.45, 2.75) is 0 Å². The zero-order chi connectivity index (χ0) is 9.90. The molecule has 0 radical (unpaired) electrons. The van der Waals surface area contributed by atoms with Gasteiger partial charge in [0, 0.05) is 5.69 Å². The molecule has 0 aliphatic carbocycles. The Labute approximate surface area is 74.4 Å². The lowest BCUT2D eigenvalue weighted by Gasteiger charge is -2.03. The number of nitrogens with one attached hydrogen (secondary N) is 1. The highest BCUT2D eigenvalue weighted by atomic mass is 32.2. The lowest BCUT2D eigenvalue weighted by atomic mass is 10.3. The van der Waals surface area contributed by atoms with E-state index in [9.17, 15) is 17.2 Å². The summed E-state index contributed by atoms with van der Waals surface area (Å²) in [4.78, 5) is 0. The average Bonchev–Trinajstić information content (AvgIpc) is 2.09. The van der Waals surface area contributed by atoms with Gasteiger partial charge in [0.1, 0.15) is 5.82 Å². The van der Waals surface area contributed by atoms with Crippen LogP contribution in [0.2, 0.25) is 0 Å². The summed E-state index contributed by atoms with van der Waals surface area (Å²) in [7, 11) is -3.92. The second-order valence-electron chi connectivity index (χ2n) is 2.33. The van der Waals surface area contributed by atoms with Crippen LogP contribution < -0.4 is 4.72 Å². The van der Waals surface area contributed by atoms with Crippen molar-refractivity contribution in [2.24, 2.45) is 0 Å². The Balaban J connectivity index is 2.82. The van der Waals surface area contributed by atoms with E-state index < -0.39 is 21.8 Å². The van der Waals surface area contributed by atoms with Gasteiger partial charge in [-0.3, -0.25) is 4.72 Å². The molecule has 0 aliphatic heterocycles. The topological polar surface area (TPSA) is 46.2 Å². The molecule has 13 heavy (non-hydrogen) atoms. The van der Waals surface area contributed by atoms with Crippen LogP contribution in [0.3, 0.4) is 0 Å². The van der Waals surface area contributed by atoms with Crippen molar-refractivity contribution in [1.29, 1.82) is 0 Å². The number of hydrogen-bond acceptors (Lipinski definition) is 2. The molecule has 0 fully saturated rings. The number of hydrogen-bond donors (Lipinski definition) is 1. The summed E-state index contributed by atoms with van der Waals surface area (Å²) < 4.78 is 47.4. The smallest absolute Gasteiger partial charge is 0.262 e. The SMILES string of the molecule is O=S(=O)(CF)Nc1ccc(F)cc1. The molecule has 1 rings (SSSR count). The summed E-state index contributed by atoms with van der Waals surface area (Å²) in [6.07, 6.45) is 0. The summed E-state index contributed by atoms with van der Waals surface area (Å²) in [6, 6.07) is 3.08. The quantitative estimate of drug-likeness (QED) is 0.816. The fourth-order valence-electron chi connectivity index (χ4n) is 0.725. The van der Waals surface area contributed by atoms with E-state index in [4.69, 9.17) is 0 Å². The monoisotopic (exact) mass is 207 g/mol. The van der Waals surface area contributed by atoms with Crippen LogP contribution in [0.5, 0.6) is 0 Å². The summed E-state index contributed by atoms with van der Waals surface area (Å²) >= 11 is 0. The Bertz CT molecular complexity index is 374. The van der Waals surface area contributed by atoms with E-state index in [1.807, 2.05) is 4.72 Å². The molecule has 1 N–H and O–H groups in total. The molecule has 1 aromatic carbocycles. The summed E-state index contributed by atoms with van der Waals surface area (Å²) in [5, 5.41) is 0. The van der Waals surface area contributed by atoms with Gasteiger partial charge in [0.2, 0.25) is 6.01 Å². The van der Waals surface area contributed by atoms with E-state index in [0.29, 0.717) is 0 Å². The third kappa shape index (κ3) is 2.98. The highest BCUT2D eigenvalue weighted by Gasteiger charge is 2.08. The molecule has 0 unspecified atom stereocenters. The van der Waals surface area contributed by atoms with Crippen LogP contribution in [-0.2, 0) is 10.0 Å². The normalized spacial score (nSPS) is 11.2. The van der Waals surface area contributed by atoms with E-state index in [-0.39, 0.29) is 5.69 Å². The van der Waals surface area contributed by atoms with Crippen molar-refractivity contribution in [3.63, 3.8) is 0 Å². The number of alkyl halides is 1. The molecular weight excluding hydrogens is 200 g/mol. The standard InChI is InChI=1S/C7H7F2NO2S/c8-5-13(11,12)10-7-3-1-6(9)2-4-7/h1-4,10H,5H2. The maximum Gasteiger partial charge on any atom is 0.262 e. The Hall–Kier alpha value is -1.17. The third-order valence-electron chi connectivity index (χ3n) is 1.26. The molecule has 0 spiro atoms. The van der Waals surface area contributed by atoms with Gasteiger partial charge in [-0.2, -0.15) is 0 Å².